The van der Waals surface area contributed by atoms with Crippen molar-refractivity contribution in [3.05, 3.63) is 0 Å². The first-order valence-corrected chi connectivity index (χ1v) is 3.83. The first-order valence-electron chi connectivity index (χ1n) is 3.83. The second-order valence-corrected chi connectivity index (χ2v) is 2.50. The average molecular weight is 142 g/mol. The topological polar surface area (TPSA) is 32.3 Å². The lowest BCUT2D eigenvalue weighted by atomic mass is 10.4. The van der Waals surface area contributed by atoms with E-state index in [-0.39, 0.29) is 5.91 Å². The Hall–Kier alpha value is -0.570. The fourth-order valence-corrected chi connectivity index (χ4v) is 1.16. The summed E-state index contributed by atoms with van der Waals surface area (Å²) in [5, 5.41) is 3.07. The molecule has 1 N–H and O–H groups in total. The Morgan fingerprint density at radius 1 is 1.70 bits per heavy atom. The minimum absolute atomic E-state index is 0.236. The van der Waals surface area contributed by atoms with Crippen molar-refractivity contribution in [2.24, 2.45) is 0 Å². The van der Waals surface area contributed by atoms with Gasteiger partial charge in [0.2, 0.25) is 5.91 Å². The summed E-state index contributed by atoms with van der Waals surface area (Å²) < 4.78 is 0. The summed E-state index contributed by atoms with van der Waals surface area (Å²) >= 11 is 0. The van der Waals surface area contributed by atoms with Gasteiger partial charge in [0.1, 0.15) is 0 Å². The number of likely N-dealkylation sites (N-methyl/N-ethyl adjacent to an activating group) is 1. The van der Waals surface area contributed by atoms with E-state index >= 15 is 0 Å². The second kappa shape index (κ2) is 3.56. The fourth-order valence-electron chi connectivity index (χ4n) is 1.16. The van der Waals surface area contributed by atoms with E-state index in [0.717, 1.165) is 26.1 Å². The molecule has 0 atom stereocenters. The number of nitrogens with zero attached hydrogens (tertiary/aromatic N) is 1. The highest BCUT2D eigenvalue weighted by molar-refractivity contribution is 5.78. The molecule has 1 amide bonds. The molecule has 1 fully saturated rings. The highest BCUT2D eigenvalue weighted by Gasteiger charge is 2.12. The van der Waals surface area contributed by atoms with Gasteiger partial charge in [0, 0.05) is 13.1 Å². The molecule has 3 nitrogen and oxygen atoms in total. The maximum Gasteiger partial charge on any atom is 0.236 e. The average Bonchev–Trinajstić information content (AvgIpc) is 2.13. The van der Waals surface area contributed by atoms with Crippen LogP contribution in [0.25, 0.3) is 0 Å². The van der Waals surface area contributed by atoms with Gasteiger partial charge in [-0.3, -0.25) is 4.79 Å². The van der Waals surface area contributed by atoms with Crippen molar-refractivity contribution in [2.75, 3.05) is 26.2 Å². The van der Waals surface area contributed by atoms with Crippen molar-refractivity contribution in [3.8, 4) is 0 Å². The predicted octanol–water partition coefficient (Wildman–Crippen LogP) is -0.172. The van der Waals surface area contributed by atoms with Crippen molar-refractivity contribution in [2.45, 2.75) is 13.3 Å². The Labute approximate surface area is 61.4 Å². The smallest absolute Gasteiger partial charge is 0.236 e. The normalized spacial score (nSPS) is 20.9. The predicted molar refractivity (Wildman–Crippen MR) is 39.7 cm³/mol. The Kier molecular flexibility index (Phi) is 2.68. The van der Waals surface area contributed by atoms with Gasteiger partial charge in [-0.05, 0) is 19.9 Å². The molecule has 0 saturated carbocycles. The zero-order valence-electron chi connectivity index (χ0n) is 6.39. The summed E-state index contributed by atoms with van der Waals surface area (Å²) in [7, 11) is 0. The maximum atomic E-state index is 11.1. The van der Waals surface area contributed by atoms with Crippen LogP contribution < -0.4 is 5.32 Å². The molecular formula is C7H14N2O. The highest BCUT2D eigenvalue weighted by atomic mass is 16.2. The molecule has 0 radical (unpaired) electrons. The van der Waals surface area contributed by atoms with Gasteiger partial charge in [0.25, 0.3) is 0 Å². The SMILES string of the molecule is CCN1CCCNCC1=O. The summed E-state index contributed by atoms with van der Waals surface area (Å²) in [6.45, 7) is 5.28. The molecule has 58 valence electrons. The molecule has 0 bridgehead atoms. The van der Waals surface area contributed by atoms with Gasteiger partial charge < -0.3 is 10.2 Å². The Bertz CT molecular complexity index is 125. The summed E-state index contributed by atoms with van der Waals surface area (Å²) in [4.78, 5) is 13.0. The van der Waals surface area contributed by atoms with Crippen LogP contribution >= 0.6 is 0 Å². The van der Waals surface area contributed by atoms with E-state index in [1.54, 1.807) is 0 Å². The van der Waals surface area contributed by atoms with E-state index in [4.69, 9.17) is 0 Å². The van der Waals surface area contributed by atoms with E-state index in [1.807, 2.05) is 11.8 Å². The highest BCUT2D eigenvalue weighted by Crippen LogP contribution is 1.94. The van der Waals surface area contributed by atoms with Crippen LogP contribution in [0.1, 0.15) is 13.3 Å². The third-order valence-electron chi connectivity index (χ3n) is 1.79. The van der Waals surface area contributed by atoms with Crippen LogP contribution in [-0.2, 0) is 4.79 Å². The minimum atomic E-state index is 0.236. The third-order valence-corrected chi connectivity index (χ3v) is 1.79. The number of amides is 1. The number of carbonyl (C=O) groups excluding carboxylic acids is 1. The summed E-state index contributed by atoms with van der Waals surface area (Å²) in [6.07, 6.45) is 1.08. The first kappa shape index (κ1) is 7.54. The number of carbonyl (C=O) groups is 1. The van der Waals surface area contributed by atoms with Gasteiger partial charge in [-0.2, -0.15) is 0 Å². The Balaban J connectivity index is 2.43. The molecule has 1 heterocycles. The number of rotatable bonds is 1. The van der Waals surface area contributed by atoms with Crippen molar-refractivity contribution >= 4 is 5.91 Å². The Morgan fingerprint density at radius 3 is 3.20 bits per heavy atom. The van der Waals surface area contributed by atoms with Gasteiger partial charge >= 0.3 is 0 Å². The molecule has 10 heavy (non-hydrogen) atoms. The quantitative estimate of drug-likeness (QED) is 0.551. The van der Waals surface area contributed by atoms with Crippen LogP contribution in [0.2, 0.25) is 0 Å². The lowest BCUT2D eigenvalue weighted by Crippen LogP contribution is -2.34. The minimum Gasteiger partial charge on any atom is -0.342 e. The molecule has 0 aromatic rings. The number of hydrogen-bond acceptors (Lipinski definition) is 2. The third kappa shape index (κ3) is 1.70. The second-order valence-electron chi connectivity index (χ2n) is 2.50. The molecular weight excluding hydrogens is 128 g/mol. The molecule has 1 aliphatic heterocycles. The molecule has 0 aromatic heterocycles. The molecule has 1 aliphatic rings. The van der Waals surface area contributed by atoms with Crippen LogP contribution in [0.15, 0.2) is 0 Å². The molecule has 0 unspecified atom stereocenters. The molecule has 0 aromatic carbocycles. The molecule has 1 rings (SSSR count). The first-order chi connectivity index (χ1) is 4.84. The standard InChI is InChI=1S/C7H14N2O/c1-2-9-5-3-4-8-6-7(9)10/h8H,2-6H2,1H3. The maximum absolute atomic E-state index is 11.1. The summed E-state index contributed by atoms with van der Waals surface area (Å²) in [5.74, 6) is 0.236. The van der Waals surface area contributed by atoms with E-state index in [1.165, 1.54) is 0 Å². The van der Waals surface area contributed by atoms with Crippen LogP contribution in [0.4, 0.5) is 0 Å². The van der Waals surface area contributed by atoms with Gasteiger partial charge in [-0.25, -0.2) is 0 Å². The lowest BCUT2D eigenvalue weighted by molar-refractivity contribution is -0.129. The lowest BCUT2D eigenvalue weighted by Gasteiger charge is -2.16. The van der Waals surface area contributed by atoms with Crippen molar-refractivity contribution in [1.82, 2.24) is 10.2 Å². The van der Waals surface area contributed by atoms with Crippen LogP contribution in [0, 0.1) is 0 Å². The Morgan fingerprint density at radius 2 is 2.50 bits per heavy atom. The number of nitrogens with one attached hydrogen (secondary N) is 1. The van der Waals surface area contributed by atoms with Gasteiger partial charge in [-0.1, -0.05) is 0 Å². The molecule has 0 aliphatic carbocycles. The molecule has 0 spiro atoms. The summed E-state index contributed by atoms with van der Waals surface area (Å²) in [6, 6.07) is 0. The monoisotopic (exact) mass is 142 g/mol. The van der Waals surface area contributed by atoms with E-state index in [2.05, 4.69) is 5.32 Å². The van der Waals surface area contributed by atoms with Crippen LogP contribution in [-0.4, -0.2) is 37.0 Å². The zero-order valence-corrected chi connectivity index (χ0v) is 6.39. The number of hydrogen-bond donors (Lipinski definition) is 1. The largest absolute Gasteiger partial charge is 0.342 e. The van der Waals surface area contributed by atoms with Gasteiger partial charge in [0.05, 0.1) is 6.54 Å². The van der Waals surface area contributed by atoms with E-state index in [0.29, 0.717) is 6.54 Å². The van der Waals surface area contributed by atoms with Gasteiger partial charge in [-0.15, -0.1) is 0 Å². The van der Waals surface area contributed by atoms with Crippen LogP contribution in [0.5, 0.6) is 0 Å². The summed E-state index contributed by atoms with van der Waals surface area (Å²) in [5.41, 5.74) is 0. The van der Waals surface area contributed by atoms with Crippen molar-refractivity contribution in [1.29, 1.82) is 0 Å². The van der Waals surface area contributed by atoms with E-state index < -0.39 is 0 Å². The zero-order chi connectivity index (χ0) is 7.40. The fraction of sp³-hybridized carbons (Fsp3) is 0.857. The van der Waals surface area contributed by atoms with E-state index in [9.17, 15) is 4.79 Å². The van der Waals surface area contributed by atoms with Crippen molar-refractivity contribution < 1.29 is 4.79 Å². The molecule has 3 heteroatoms. The molecule has 1 saturated heterocycles. The van der Waals surface area contributed by atoms with Gasteiger partial charge in [0.15, 0.2) is 0 Å². The van der Waals surface area contributed by atoms with Crippen molar-refractivity contribution in [3.63, 3.8) is 0 Å². The van der Waals surface area contributed by atoms with Crippen LogP contribution in [0.3, 0.4) is 0 Å².